The van der Waals surface area contributed by atoms with Crippen molar-refractivity contribution in [3.8, 4) is 0 Å². The molecule has 0 saturated carbocycles. The Bertz CT molecular complexity index is 738. The Kier molecular flexibility index (Phi) is 6.95. The third-order valence-electron chi connectivity index (χ3n) is 3.99. The summed E-state index contributed by atoms with van der Waals surface area (Å²) >= 11 is 3.22. The highest BCUT2D eigenvalue weighted by Gasteiger charge is 2.34. The third kappa shape index (κ3) is 5.78. The molecule has 2 rings (SSSR count). The van der Waals surface area contributed by atoms with Crippen molar-refractivity contribution in [2.24, 2.45) is 0 Å². The number of hydrogen-bond donors (Lipinski definition) is 0. The van der Waals surface area contributed by atoms with Crippen LogP contribution in [-0.2, 0) is 19.4 Å². The van der Waals surface area contributed by atoms with Crippen LogP contribution in [0.3, 0.4) is 0 Å². The van der Waals surface area contributed by atoms with Crippen LogP contribution >= 0.6 is 15.9 Å². The Morgan fingerprint density at radius 3 is 2.76 bits per heavy atom. The molecule has 1 aliphatic rings. The van der Waals surface area contributed by atoms with Gasteiger partial charge in [-0.05, 0) is 34.8 Å². The first kappa shape index (κ1) is 19.8. The molecule has 1 aliphatic heterocycles. The molecule has 2 heterocycles. The molecule has 1 unspecified atom stereocenters. The van der Waals surface area contributed by atoms with Gasteiger partial charge in [-0.3, -0.25) is 9.78 Å². The van der Waals surface area contributed by atoms with Gasteiger partial charge in [-0.1, -0.05) is 13.3 Å². The maximum Gasteiger partial charge on any atom is 0.340 e. The number of rotatable bonds is 7. The van der Waals surface area contributed by atoms with Crippen molar-refractivity contribution in [1.29, 1.82) is 0 Å². The molecule has 7 nitrogen and oxygen atoms in total. The zero-order valence-corrected chi connectivity index (χ0v) is 16.4. The summed E-state index contributed by atoms with van der Waals surface area (Å²) in [7, 11) is -3.09. The minimum atomic E-state index is -3.09. The van der Waals surface area contributed by atoms with Gasteiger partial charge in [-0.2, -0.15) is 0 Å². The number of sulfone groups is 1. The number of halogens is 1. The van der Waals surface area contributed by atoms with E-state index in [1.54, 1.807) is 11.0 Å². The summed E-state index contributed by atoms with van der Waals surface area (Å²) in [6.45, 7) is 2.05. The molecule has 0 radical (unpaired) electrons. The lowest BCUT2D eigenvalue weighted by molar-refractivity contribution is -0.136. The number of amides is 1. The molecule has 9 heteroatoms. The lowest BCUT2D eigenvalue weighted by Gasteiger charge is -2.28. The minimum Gasteiger partial charge on any atom is -0.452 e. The number of aromatic nitrogens is 1. The lowest BCUT2D eigenvalue weighted by Crippen LogP contribution is -2.43. The molecule has 138 valence electrons. The molecule has 1 aromatic heterocycles. The molecule has 1 fully saturated rings. The standard InChI is InChI=1S/C16H21BrN2O5S/c1-2-3-5-19(14-4-6-25(22,23)11-14)15(20)10-24-16(21)12-7-13(17)9-18-8-12/h7-9,14H,2-6,10-11H2,1H3. The highest BCUT2D eigenvalue weighted by molar-refractivity contribution is 9.10. The van der Waals surface area contributed by atoms with Gasteiger partial charge in [0.05, 0.1) is 17.1 Å². The van der Waals surface area contributed by atoms with Crippen LogP contribution < -0.4 is 0 Å². The normalized spacial score (nSPS) is 18.7. The predicted molar refractivity (Wildman–Crippen MR) is 95.9 cm³/mol. The zero-order valence-electron chi connectivity index (χ0n) is 14.0. The summed E-state index contributed by atoms with van der Waals surface area (Å²) in [5, 5.41) is 0. The molecule has 0 spiro atoms. The van der Waals surface area contributed by atoms with E-state index in [-0.39, 0.29) is 29.0 Å². The molecule has 0 aliphatic carbocycles. The summed E-state index contributed by atoms with van der Waals surface area (Å²) < 4.78 is 29.1. The van der Waals surface area contributed by atoms with E-state index in [0.29, 0.717) is 17.4 Å². The van der Waals surface area contributed by atoms with E-state index < -0.39 is 22.4 Å². The third-order valence-corrected chi connectivity index (χ3v) is 6.17. The molecular weight excluding hydrogens is 412 g/mol. The van der Waals surface area contributed by atoms with Gasteiger partial charge in [-0.25, -0.2) is 13.2 Å². The van der Waals surface area contributed by atoms with Gasteiger partial charge in [0, 0.05) is 29.5 Å². The number of carbonyl (C=O) groups excluding carboxylic acids is 2. The Morgan fingerprint density at radius 2 is 2.16 bits per heavy atom. The summed E-state index contributed by atoms with van der Waals surface area (Å²) in [5.74, 6) is -0.938. The maximum atomic E-state index is 12.5. The summed E-state index contributed by atoms with van der Waals surface area (Å²) in [4.78, 5) is 29.9. The predicted octanol–water partition coefficient (Wildman–Crippen LogP) is 1.82. The highest BCUT2D eigenvalue weighted by Crippen LogP contribution is 2.19. The smallest absolute Gasteiger partial charge is 0.340 e. The van der Waals surface area contributed by atoms with Gasteiger partial charge in [0.25, 0.3) is 5.91 Å². The van der Waals surface area contributed by atoms with Crippen LogP contribution in [0.4, 0.5) is 0 Å². The Labute approximate surface area is 155 Å². The fraction of sp³-hybridized carbons (Fsp3) is 0.562. The van der Waals surface area contributed by atoms with Gasteiger partial charge in [0.1, 0.15) is 0 Å². The van der Waals surface area contributed by atoms with Crippen molar-refractivity contribution >= 4 is 37.6 Å². The maximum absolute atomic E-state index is 12.5. The van der Waals surface area contributed by atoms with E-state index in [1.807, 2.05) is 6.92 Å². The van der Waals surface area contributed by atoms with Crippen LogP contribution in [0.5, 0.6) is 0 Å². The summed E-state index contributed by atoms with van der Waals surface area (Å²) in [6.07, 6.45) is 4.98. The number of esters is 1. The lowest BCUT2D eigenvalue weighted by atomic mass is 10.2. The van der Waals surface area contributed by atoms with Crippen molar-refractivity contribution in [2.75, 3.05) is 24.7 Å². The van der Waals surface area contributed by atoms with E-state index in [9.17, 15) is 18.0 Å². The minimum absolute atomic E-state index is 0.0219. The first-order valence-corrected chi connectivity index (χ1v) is 10.7. The van der Waals surface area contributed by atoms with Crippen LogP contribution in [0.25, 0.3) is 0 Å². The second-order valence-corrected chi connectivity index (χ2v) is 9.11. The number of hydrogen-bond acceptors (Lipinski definition) is 6. The molecule has 0 aromatic carbocycles. The Hall–Kier alpha value is -1.48. The van der Waals surface area contributed by atoms with E-state index in [0.717, 1.165) is 12.8 Å². The Balaban J connectivity index is 1.98. The van der Waals surface area contributed by atoms with Crippen LogP contribution in [-0.4, -0.2) is 60.9 Å². The molecule has 1 amide bonds. The van der Waals surface area contributed by atoms with Crippen molar-refractivity contribution in [3.63, 3.8) is 0 Å². The second-order valence-electron chi connectivity index (χ2n) is 5.97. The van der Waals surface area contributed by atoms with Gasteiger partial charge in [-0.15, -0.1) is 0 Å². The topological polar surface area (TPSA) is 93.6 Å². The van der Waals surface area contributed by atoms with E-state index in [1.165, 1.54) is 12.4 Å². The highest BCUT2D eigenvalue weighted by atomic mass is 79.9. The fourth-order valence-corrected chi connectivity index (χ4v) is 4.77. The number of ether oxygens (including phenoxy) is 1. The monoisotopic (exact) mass is 432 g/mol. The average molecular weight is 433 g/mol. The number of carbonyl (C=O) groups is 2. The van der Waals surface area contributed by atoms with Gasteiger partial charge >= 0.3 is 5.97 Å². The van der Waals surface area contributed by atoms with Crippen LogP contribution in [0, 0.1) is 0 Å². The van der Waals surface area contributed by atoms with Crippen LogP contribution in [0.1, 0.15) is 36.5 Å². The second kappa shape index (κ2) is 8.75. The molecule has 0 bridgehead atoms. The van der Waals surface area contributed by atoms with Gasteiger partial charge < -0.3 is 9.64 Å². The fourth-order valence-electron chi connectivity index (χ4n) is 2.68. The van der Waals surface area contributed by atoms with Gasteiger partial charge in [0.2, 0.25) is 0 Å². The first-order chi connectivity index (χ1) is 11.8. The van der Waals surface area contributed by atoms with E-state index in [2.05, 4.69) is 20.9 Å². The quantitative estimate of drug-likeness (QED) is 0.609. The number of nitrogens with zero attached hydrogens (tertiary/aromatic N) is 2. The van der Waals surface area contributed by atoms with Crippen LogP contribution in [0.2, 0.25) is 0 Å². The van der Waals surface area contributed by atoms with Crippen molar-refractivity contribution in [3.05, 3.63) is 28.5 Å². The molecule has 25 heavy (non-hydrogen) atoms. The molecule has 1 saturated heterocycles. The molecule has 1 aromatic rings. The van der Waals surface area contributed by atoms with Crippen molar-refractivity contribution < 1.29 is 22.7 Å². The van der Waals surface area contributed by atoms with Crippen molar-refractivity contribution in [2.45, 2.75) is 32.2 Å². The molecular formula is C16H21BrN2O5S. The molecule has 1 atom stereocenters. The van der Waals surface area contributed by atoms with Gasteiger partial charge in [0.15, 0.2) is 16.4 Å². The number of unbranched alkanes of at least 4 members (excludes halogenated alkanes) is 1. The zero-order chi connectivity index (χ0) is 18.4. The molecule has 0 N–H and O–H groups in total. The Morgan fingerprint density at radius 1 is 1.40 bits per heavy atom. The number of pyridine rings is 1. The van der Waals surface area contributed by atoms with Crippen molar-refractivity contribution in [1.82, 2.24) is 9.88 Å². The first-order valence-electron chi connectivity index (χ1n) is 8.10. The average Bonchev–Trinajstić information content (AvgIpc) is 2.92. The summed E-state index contributed by atoms with van der Waals surface area (Å²) in [5.41, 5.74) is 0.241. The summed E-state index contributed by atoms with van der Waals surface area (Å²) in [6, 6.07) is 1.22. The SMILES string of the molecule is CCCCN(C(=O)COC(=O)c1cncc(Br)c1)C1CCS(=O)(=O)C1. The van der Waals surface area contributed by atoms with Crippen LogP contribution in [0.15, 0.2) is 22.9 Å². The van der Waals surface area contributed by atoms with E-state index in [4.69, 9.17) is 4.74 Å². The largest absolute Gasteiger partial charge is 0.452 e. The van der Waals surface area contributed by atoms with E-state index >= 15 is 0 Å².